The predicted molar refractivity (Wildman–Crippen MR) is 91.5 cm³/mol. The van der Waals surface area contributed by atoms with Crippen molar-refractivity contribution in [2.75, 3.05) is 0 Å². The van der Waals surface area contributed by atoms with E-state index in [1.807, 2.05) is 26.0 Å². The van der Waals surface area contributed by atoms with Gasteiger partial charge in [0.05, 0.1) is 0 Å². The van der Waals surface area contributed by atoms with E-state index in [4.69, 9.17) is 0 Å². The topological polar surface area (TPSA) is 0 Å². The Balaban J connectivity index is 1.96. The zero-order valence-electron chi connectivity index (χ0n) is 14.1. The molecule has 1 aliphatic rings. The molecule has 0 amide bonds. The first-order chi connectivity index (χ1) is 11.6. The van der Waals surface area contributed by atoms with Crippen molar-refractivity contribution >= 4 is 5.57 Å². The first kappa shape index (κ1) is 16.8. The molecule has 2 aromatic carbocycles. The second kappa shape index (κ2) is 6.84. The van der Waals surface area contributed by atoms with E-state index < -0.39 is 11.6 Å². The molecule has 0 aromatic heterocycles. The van der Waals surface area contributed by atoms with Gasteiger partial charge >= 0.3 is 0 Å². The Kier molecular flexibility index (Phi) is 4.79. The lowest BCUT2D eigenvalue weighted by Gasteiger charge is -2.20. The maximum absolute atomic E-state index is 14.5. The Morgan fingerprint density at radius 2 is 1.62 bits per heavy atom. The molecule has 0 radical (unpaired) electrons. The van der Waals surface area contributed by atoms with Gasteiger partial charge in [-0.3, -0.25) is 0 Å². The summed E-state index contributed by atoms with van der Waals surface area (Å²) in [5, 5.41) is 0. The van der Waals surface area contributed by atoms with Crippen LogP contribution in [0.4, 0.5) is 13.2 Å². The van der Waals surface area contributed by atoms with Gasteiger partial charge in [-0.05, 0) is 53.5 Å². The standard InChI is InChI=1S/C21H21F3/c1-3-5-14-8-10-18(21(24)20(14)23)16-9-11-17-15(12-16)7-6-13(4-2)19(17)22/h6-10H,3-5,11-12H2,1-2H3. The Hall–Kier alpha value is -2.03. The third-order valence-corrected chi connectivity index (χ3v) is 4.76. The van der Waals surface area contributed by atoms with E-state index >= 15 is 0 Å². The number of hydrogen-bond donors (Lipinski definition) is 0. The number of allylic oxidation sites excluding steroid dienone is 2. The highest BCUT2D eigenvalue weighted by atomic mass is 19.2. The van der Waals surface area contributed by atoms with Crippen molar-refractivity contribution in [1.29, 1.82) is 0 Å². The maximum atomic E-state index is 14.5. The molecule has 24 heavy (non-hydrogen) atoms. The highest BCUT2D eigenvalue weighted by molar-refractivity contribution is 5.71. The molecule has 2 aromatic rings. The number of halogens is 3. The summed E-state index contributed by atoms with van der Waals surface area (Å²) in [6.45, 7) is 3.86. The fraction of sp³-hybridized carbons (Fsp3) is 0.333. The fourth-order valence-corrected chi connectivity index (χ4v) is 3.38. The van der Waals surface area contributed by atoms with Crippen LogP contribution < -0.4 is 0 Å². The second-order valence-corrected chi connectivity index (χ2v) is 6.29. The van der Waals surface area contributed by atoms with E-state index in [-0.39, 0.29) is 11.4 Å². The van der Waals surface area contributed by atoms with Crippen LogP contribution in [-0.2, 0) is 25.7 Å². The Morgan fingerprint density at radius 3 is 2.33 bits per heavy atom. The van der Waals surface area contributed by atoms with Crippen LogP contribution in [-0.4, -0.2) is 0 Å². The summed E-state index contributed by atoms with van der Waals surface area (Å²) in [6.07, 6.45) is 4.61. The third-order valence-electron chi connectivity index (χ3n) is 4.76. The van der Waals surface area contributed by atoms with Crippen LogP contribution in [0, 0.1) is 17.5 Å². The van der Waals surface area contributed by atoms with E-state index in [0.29, 0.717) is 42.4 Å². The van der Waals surface area contributed by atoms with Crippen molar-refractivity contribution in [3.05, 3.63) is 75.6 Å². The molecule has 0 unspecified atom stereocenters. The Morgan fingerprint density at radius 1 is 0.875 bits per heavy atom. The molecule has 0 atom stereocenters. The lowest BCUT2D eigenvalue weighted by molar-refractivity contribution is 0.495. The molecule has 0 saturated heterocycles. The van der Waals surface area contributed by atoms with Gasteiger partial charge in [0.1, 0.15) is 5.82 Å². The quantitative estimate of drug-likeness (QED) is 0.664. The van der Waals surface area contributed by atoms with E-state index in [0.717, 1.165) is 17.6 Å². The summed E-state index contributed by atoms with van der Waals surface area (Å²) < 4.78 is 43.1. The highest BCUT2D eigenvalue weighted by Crippen LogP contribution is 2.32. The number of aryl methyl sites for hydroxylation is 2. The van der Waals surface area contributed by atoms with Crippen molar-refractivity contribution in [2.45, 2.75) is 46.0 Å². The van der Waals surface area contributed by atoms with Crippen LogP contribution in [0.3, 0.4) is 0 Å². The molecule has 0 N–H and O–H groups in total. The summed E-state index contributed by atoms with van der Waals surface area (Å²) in [5.41, 5.74) is 3.67. The minimum Gasteiger partial charge on any atom is -0.206 e. The van der Waals surface area contributed by atoms with Gasteiger partial charge in [-0.15, -0.1) is 0 Å². The first-order valence-corrected chi connectivity index (χ1v) is 8.52. The Labute approximate surface area is 141 Å². The predicted octanol–water partition coefficient (Wildman–Crippen LogP) is 5.80. The van der Waals surface area contributed by atoms with Gasteiger partial charge in [-0.1, -0.05) is 50.6 Å². The monoisotopic (exact) mass is 330 g/mol. The molecule has 0 nitrogen and oxygen atoms in total. The minimum atomic E-state index is -0.790. The summed E-state index contributed by atoms with van der Waals surface area (Å²) in [7, 11) is 0. The SMILES string of the molecule is CCCc1ccc(C2=CCc3c(ccc(CC)c3F)C2)c(F)c1F. The largest absolute Gasteiger partial charge is 0.206 e. The maximum Gasteiger partial charge on any atom is 0.166 e. The molecule has 3 heteroatoms. The second-order valence-electron chi connectivity index (χ2n) is 6.29. The molecule has 0 spiro atoms. The van der Waals surface area contributed by atoms with Crippen molar-refractivity contribution in [1.82, 2.24) is 0 Å². The fourth-order valence-electron chi connectivity index (χ4n) is 3.38. The van der Waals surface area contributed by atoms with Crippen molar-refractivity contribution < 1.29 is 13.2 Å². The van der Waals surface area contributed by atoms with Gasteiger partial charge in [-0.2, -0.15) is 0 Å². The third kappa shape index (κ3) is 2.88. The van der Waals surface area contributed by atoms with Gasteiger partial charge in [-0.25, -0.2) is 13.2 Å². The molecule has 0 heterocycles. The average Bonchev–Trinajstić information content (AvgIpc) is 2.59. The summed E-state index contributed by atoms with van der Waals surface area (Å²) in [5.74, 6) is -1.70. The molecule has 0 fully saturated rings. The van der Waals surface area contributed by atoms with Crippen LogP contribution in [0.25, 0.3) is 5.57 Å². The Bertz CT molecular complexity index is 803. The number of benzene rings is 2. The van der Waals surface area contributed by atoms with Crippen LogP contribution in [0.2, 0.25) is 0 Å². The lowest BCUT2D eigenvalue weighted by Crippen LogP contribution is -2.09. The molecular weight excluding hydrogens is 309 g/mol. The minimum absolute atomic E-state index is 0.157. The average molecular weight is 330 g/mol. The summed E-state index contributed by atoms with van der Waals surface area (Å²) >= 11 is 0. The van der Waals surface area contributed by atoms with Crippen molar-refractivity contribution in [2.24, 2.45) is 0 Å². The lowest BCUT2D eigenvalue weighted by atomic mass is 9.86. The molecule has 1 aliphatic carbocycles. The van der Waals surface area contributed by atoms with Crippen molar-refractivity contribution in [3.8, 4) is 0 Å². The van der Waals surface area contributed by atoms with Crippen LogP contribution in [0.5, 0.6) is 0 Å². The zero-order chi connectivity index (χ0) is 17.3. The van der Waals surface area contributed by atoms with Gasteiger partial charge < -0.3 is 0 Å². The normalized spacial score (nSPS) is 13.6. The summed E-state index contributed by atoms with van der Waals surface area (Å²) in [4.78, 5) is 0. The number of fused-ring (bicyclic) bond motifs is 1. The van der Waals surface area contributed by atoms with E-state index in [1.165, 1.54) is 0 Å². The van der Waals surface area contributed by atoms with E-state index in [1.54, 1.807) is 18.2 Å². The van der Waals surface area contributed by atoms with Gasteiger partial charge in [0.25, 0.3) is 0 Å². The molecule has 3 rings (SSSR count). The van der Waals surface area contributed by atoms with E-state index in [2.05, 4.69) is 0 Å². The molecular formula is C21H21F3. The smallest absolute Gasteiger partial charge is 0.166 e. The molecule has 0 saturated carbocycles. The molecule has 0 bridgehead atoms. The number of hydrogen-bond acceptors (Lipinski definition) is 0. The van der Waals surface area contributed by atoms with E-state index in [9.17, 15) is 13.2 Å². The highest BCUT2D eigenvalue weighted by Gasteiger charge is 2.21. The summed E-state index contributed by atoms with van der Waals surface area (Å²) in [6, 6.07) is 7.01. The first-order valence-electron chi connectivity index (χ1n) is 8.52. The van der Waals surface area contributed by atoms with Gasteiger partial charge in [0.2, 0.25) is 0 Å². The van der Waals surface area contributed by atoms with Crippen LogP contribution >= 0.6 is 0 Å². The zero-order valence-corrected chi connectivity index (χ0v) is 14.1. The molecule has 0 aliphatic heterocycles. The van der Waals surface area contributed by atoms with Gasteiger partial charge in [0.15, 0.2) is 11.6 Å². The molecule has 126 valence electrons. The van der Waals surface area contributed by atoms with Gasteiger partial charge in [0, 0.05) is 5.56 Å². The number of rotatable bonds is 4. The van der Waals surface area contributed by atoms with Crippen molar-refractivity contribution in [3.63, 3.8) is 0 Å². The van der Waals surface area contributed by atoms with Crippen LogP contribution in [0.1, 0.15) is 48.1 Å². The van der Waals surface area contributed by atoms with Crippen LogP contribution in [0.15, 0.2) is 30.3 Å².